The summed E-state index contributed by atoms with van der Waals surface area (Å²) in [6, 6.07) is 0. The zero-order chi connectivity index (χ0) is 17.2. The zero-order valence-corrected chi connectivity index (χ0v) is 16.0. The summed E-state index contributed by atoms with van der Waals surface area (Å²) in [7, 11) is 0. The number of carbonyl (C=O) groups excluding carboxylic acids is 1. The molecule has 0 N–H and O–H groups in total. The quantitative estimate of drug-likeness (QED) is 0.174. The van der Waals surface area contributed by atoms with Gasteiger partial charge in [0.1, 0.15) is 0 Å². The van der Waals surface area contributed by atoms with E-state index >= 15 is 0 Å². The number of ether oxygens (including phenoxy) is 1. The van der Waals surface area contributed by atoms with Crippen LogP contribution in [-0.4, -0.2) is 12.6 Å². The molecule has 0 radical (unpaired) electrons. The third-order valence-electron chi connectivity index (χ3n) is 4.31. The van der Waals surface area contributed by atoms with Crippen molar-refractivity contribution in [3.05, 3.63) is 11.6 Å². The van der Waals surface area contributed by atoms with E-state index in [-0.39, 0.29) is 5.97 Å². The fraction of sp³-hybridized carbons (Fsp3) is 0.857. The number of allylic oxidation sites excluding steroid dienone is 1. The van der Waals surface area contributed by atoms with Crippen LogP contribution in [0.4, 0.5) is 0 Å². The Morgan fingerprint density at radius 3 is 1.78 bits per heavy atom. The molecule has 0 aromatic rings. The Morgan fingerprint density at radius 2 is 1.22 bits per heavy atom. The molecule has 0 rings (SSSR count). The zero-order valence-electron chi connectivity index (χ0n) is 16.0. The molecule has 23 heavy (non-hydrogen) atoms. The van der Waals surface area contributed by atoms with Gasteiger partial charge >= 0.3 is 5.97 Å². The van der Waals surface area contributed by atoms with Gasteiger partial charge in [0.05, 0.1) is 6.61 Å². The van der Waals surface area contributed by atoms with Gasteiger partial charge in [-0.05, 0) is 26.2 Å². The Kier molecular flexibility index (Phi) is 17.0. The Hall–Kier alpha value is -0.790. The number of hydrogen-bond donors (Lipinski definition) is 0. The molecule has 0 saturated heterocycles. The minimum atomic E-state index is -0.124. The second-order valence-electron chi connectivity index (χ2n) is 6.70. The summed E-state index contributed by atoms with van der Waals surface area (Å²) >= 11 is 0. The van der Waals surface area contributed by atoms with Gasteiger partial charge in [0.2, 0.25) is 0 Å². The molecular weight excluding hydrogens is 284 g/mol. The van der Waals surface area contributed by atoms with E-state index in [0.717, 1.165) is 18.4 Å². The molecule has 0 aromatic heterocycles. The van der Waals surface area contributed by atoms with E-state index in [1.807, 2.05) is 13.0 Å². The van der Waals surface area contributed by atoms with Gasteiger partial charge in [-0.2, -0.15) is 0 Å². The molecule has 136 valence electrons. The van der Waals surface area contributed by atoms with Crippen LogP contribution in [0.15, 0.2) is 11.6 Å². The highest BCUT2D eigenvalue weighted by atomic mass is 16.5. The molecule has 2 nitrogen and oxygen atoms in total. The van der Waals surface area contributed by atoms with E-state index in [0.29, 0.717) is 6.61 Å². The maximum Gasteiger partial charge on any atom is 0.333 e. The van der Waals surface area contributed by atoms with Crippen molar-refractivity contribution in [3.8, 4) is 0 Å². The van der Waals surface area contributed by atoms with Crippen molar-refractivity contribution in [2.24, 2.45) is 0 Å². The molecule has 0 spiro atoms. The minimum Gasteiger partial charge on any atom is -0.462 e. The van der Waals surface area contributed by atoms with E-state index in [2.05, 4.69) is 13.8 Å². The maximum atomic E-state index is 11.8. The van der Waals surface area contributed by atoms with Crippen molar-refractivity contribution in [1.82, 2.24) is 0 Å². The largest absolute Gasteiger partial charge is 0.462 e. The van der Waals surface area contributed by atoms with Crippen molar-refractivity contribution < 1.29 is 9.53 Å². The van der Waals surface area contributed by atoms with Crippen molar-refractivity contribution in [2.75, 3.05) is 6.61 Å². The number of carbonyl (C=O) groups is 1. The SMILES string of the molecule is CCCCCCCC=C(C)C(=O)OCCCCCCCCCC. The fourth-order valence-corrected chi connectivity index (χ4v) is 2.66. The normalized spacial score (nSPS) is 11.7. The minimum absolute atomic E-state index is 0.124. The average molecular weight is 325 g/mol. The predicted octanol–water partition coefficient (Wildman–Crippen LogP) is 6.98. The van der Waals surface area contributed by atoms with Gasteiger partial charge in [0.25, 0.3) is 0 Å². The lowest BCUT2D eigenvalue weighted by Gasteiger charge is -2.05. The highest BCUT2D eigenvalue weighted by Crippen LogP contribution is 2.10. The second-order valence-corrected chi connectivity index (χ2v) is 6.70. The van der Waals surface area contributed by atoms with Gasteiger partial charge < -0.3 is 4.74 Å². The molecule has 0 bridgehead atoms. The molecule has 0 unspecified atom stereocenters. The van der Waals surface area contributed by atoms with Crippen LogP contribution >= 0.6 is 0 Å². The van der Waals surface area contributed by atoms with Crippen LogP contribution in [0.1, 0.15) is 111 Å². The lowest BCUT2D eigenvalue weighted by molar-refractivity contribution is -0.139. The summed E-state index contributed by atoms with van der Waals surface area (Å²) in [4.78, 5) is 11.8. The number of unbranched alkanes of at least 4 members (excludes halogenated alkanes) is 12. The van der Waals surface area contributed by atoms with Crippen LogP contribution in [0.25, 0.3) is 0 Å². The third-order valence-corrected chi connectivity index (χ3v) is 4.31. The van der Waals surface area contributed by atoms with Crippen LogP contribution < -0.4 is 0 Å². The lowest BCUT2D eigenvalue weighted by atomic mass is 10.1. The fourth-order valence-electron chi connectivity index (χ4n) is 2.66. The molecular formula is C21H40O2. The molecule has 0 heterocycles. The second kappa shape index (κ2) is 17.6. The molecule has 0 saturated carbocycles. The third kappa shape index (κ3) is 15.9. The molecule has 0 aliphatic heterocycles. The van der Waals surface area contributed by atoms with E-state index in [1.165, 1.54) is 77.0 Å². The number of hydrogen-bond acceptors (Lipinski definition) is 2. The molecule has 0 aliphatic rings. The molecule has 0 aliphatic carbocycles. The van der Waals surface area contributed by atoms with Crippen molar-refractivity contribution in [3.63, 3.8) is 0 Å². The van der Waals surface area contributed by atoms with Crippen LogP contribution in [0.2, 0.25) is 0 Å². The van der Waals surface area contributed by atoms with Crippen molar-refractivity contribution in [1.29, 1.82) is 0 Å². The molecule has 0 fully saturated rings. The predicted molar refractivity (Wildman–Crippen MR) is 101 cm³/mol. The van der Waals surface area contributed by atoms with Gasteiger partial charge in [-0.25, -0.2) is 4.79 Å². The van der Waals surface area contributed by atoms with E-state index in [9.17, 15) is 4.79 Å². The lowest BCUT2D eigenvalue weighted by Crippen LogP contribution is -2.07. The van der Waals surface area contributed by atoms with Crippen LogP contribution in [0.5, 0.6) is 0 Å². The van der Waals surface area contributed by atoms with Crippen LogP contribution in [-0.2, 0) is 9.53 Å². The Morgan fingerprint density at radius 1 is 0.739 bits per heavy atom. The Bertz CT molecular complexity index is 294. The summed E-state index contributed by atoms with van der Waals surface area (Å²) in [6.45, 7) is 6.93. The van der Waals surface area contributed by atoms with Gasteiger partial charge in [0, 0.05) is 5.57 Å². The summed E-state index contributed by atoms with van der Waals surface area (Å²) in [5.41, 5.74) is 0.778. The van der Waals surface area contributed by atoms with Crippen LogP contribution in [0.3, 0.4) is 0 Å². The standard InChI is InChI=1S/C21H40O2/c1-4-6-8-10-12-13-15-17-19-23-21(22)20(3)18-16-14-11-9-7-5-2/h18H,4-17,19H2,1-3H3. The first kappa shape index (κ1) is 22.2. The van der Waals surface area contributed by atoms with E-state index in [1.54, 1.807) is 0 Å². The summed E-state index contributed by atoms with van der Waals surface area (Å²) in [6.07, 6.45) is 19.6. The molecule has 0 amide bonds. The first-order chi connectivity index (χ1) is 11.2. The summed E-state index contributed by atoms with van der Waals surface area (Å²) in [5, 5.41) is 0. The van der Waals surface area contributed by atoms with Crippen molar-refractivity contribution >= 4 is 5.97 Å². The van der Waals surface area contributed by atoms with Crippen LogP contribution in [0, 0.1) is 0 Å². The van der Waals surface area contributed by atoms with E-state index < -0.39 is 0 Å². The first-order valence-electron chi connectivity index (χ1n) is 10.1. The van der Waals surface area contributed by atoms with Crippen molar-refractivity contribution in [2.45, 2.75) is 111 Å². The van der Waals surface area contributed by atoms with Gasteiger partial charge in [-0.15, -0.1) is 0 Å². The average Bonchev–Trinajstić information content (AvgIpc) is 2.56. The smallest absolute Gasteiger partial charge is 0.333 e. The van der Waals surface area contributed by atoms with Gasteiger partial charge in [-0.1, -0.05) is 90.6 Å². The summed E-state index contributed by atoms with van der Waals surface area (Å²) < 4.78 is 5.34. The topological polar surface area (TPSA) is 26.3 Å². The molecule has 2 heteroatoms. The molecule has 0 aromatic carbocycles. The Labute approximate surface area is 145 Å². The number of esters is 1. The molecule has 0 atom stereocenters. The maximum absolute atomic E-state index is 11.8. The first-order valence-corrected chi connectivity index (χ1v) is 10.1. The Balaban J connectivity index is 3.46. The van der Waals surface area contributed by atoms with Gasteiger partial charge in [-0.3, -0.25) is 0 Å². The van der Waals surface area contributed by atoms with E-state index in [4.69, 9.17) is 4.74 Å². The number of rotatable bonds is 16. The highest BCUT2D eigenvalue weighted by molar-refractivity contribution is 5.87. The monoisotopic (exact) mass is 324 g/mol. The van der Waals surface area contributed by atoms with Gasteiger partial charge in [0.15, 0.2) is 0 Å². The highest BCUT2D eigenvalue weighted by Gasteiger charge is 2.04. The summed E-state index contributed by atoms with van der Waals surface area (Å²) in [5.74, 6) is -0.124.